The van der Waals surface area contributed by atoms with Gasteiger partial charge in [-0.1, -0.05) is 42.8 Å². The normalized spacial score (nSPS) is 11.4. The van der Waals surface area contributed by atoms with Crippen molar-refractivity contribution in [2.75, 3.05) is 0 Å². The molecule has 1 heterocycles. The van der Waals surface area contributed by atoms with E-state index < -0.39 is 9.84 Å². The largest absolute Gasteiger partial charge is 0.441 e. The highest BCUT2D eigenvalue weighted by Crippen LogP contribution is 2.25. The molecule has 3 aromatic carbocycles. The monoisotopic (exact) mass is 508 g/mol. The minimum atomic E-state index is -3.56. The Labute approximate surface area is 209 Å². The number of carbonyl (C=O) groups excluding carboxylic acids is 1. The summed E-state index contributed by atoms with van der Waals surface area (Å²) in [7, 11) is -3.56. The van der Waals surface area contributed by atoms with Gasteiger partial charge in [-0.3, -0.25) is 4.79 Å². The number of benzene rings is 3. The van der Waals surface area contributed by atoms with Crippen molar-refractivity contribution in [3.63, 3.8) is 0 Å². The van der Waals surface area contributed by atoms with Crippen LogP contribution in [0.2, 0.25) is 5.02 Å². The maximum atomic E-state index is 12.9. The lowest BCUT2D eigenvalue weighted by Crippen LogP contribution is -2.22. The number of sulfone groups is 1. The first kappa shape index (κ1) is 24.7. The van der Waals surface area contributed by atoms with Crippen molar-refractivity contribution in [2.24, 2.45) is 0 Å². The summed E-state index contributed by atoms with van der Waals surface area (Å²) in [4.78, 5) is 17.2. The lowest BCUT2D eigenvalue weighted by atomic mass is 10.1. The molecule has 180 valence electrons. The Morgan fingerprint density at radius 1 is 0.943 bits per heavy atom. The van der Waals surface area contributed by atoms with Crippen LogP contribution >= 0.6 is 11.6 Å². The molecule has 4 rings (SSSR count). The molecule has 0 unspecified atom stereocenters. The minimum Gasteiger partial charge on any atom is -0.441 e. The average Bonchev–Trinajstić information content (AvgIpc) is 3.23. The fourth-order valence-corrected chi connectivity index (χ4v) is 5.00. The quantitative estimate of drug-likeness (QED) is 0.326. The van der Waals surface area contributed by atoms with Gasteiger partial charge in [0.25, 0.3) is 5.91 Å². The molecule has 8 heteroatoms. The van der Waals surface area contributed by atoms with Crippen molar-refractivity contribution in [1.82, 2.24) is 10.3 Å². The van der Waals surface area contributed by atoms with E-state index in [0.717, 1.165) is 17.5 Å². The molecular formula is C27H25ClN2O4S. The topological polar surface area (TPSA) is 89.3 Å². The third-order valence-electron chi connectivity index (χ3n) is 5.67. The number of hydrogen-bond donors (Lipinski definition) is 1. The zero-order chi connectivity index (χ0) is 25.0. The Morgan fingerprint density at radius 2 is 1.57 bits per heavy atom. The van der Waals surface area contributed by atoms with E-state index in [0.29, 0.717) is 40.0 Å². The molecular weight excluding hydrogens is 484 g/mol. The molecule has 0 fully saturated rings. The van der Waals surface area contributed by atoms with Crippen molar-refractivity contribution in [2.45, 2.75) is 37.5 Å². The van der Waals surface area contributed by atoms with Gasteiger partial charge in [0.1, 0.15) is 11.5 Å². The summed E-state index contributed by atoms with van der Waals surface area (Å²) in [6.07, 6.45) is 0.842. The number of oxazole rings is 1. The zero-order valence-corrected chi connectivity index (χ0v) is 21.0. The van der Waals surface area contributed by atoms with Crippen LogP contribution in [0, 0.1) is 6.92 Å². The smallest absolute Gasteiger partial charge is 0.251 e. The first-order valence-corrected chi connectivity index (χ1v) is 13.2. The Kier molecular flexibility index (Phi) is 7.38. The van der Waals surface area contributed by atoms with E-state index in [4.69, 9.17) is 16.0 Å². The first-order valence-electron chi connectivity index (χ1n) is 11.2. The number of aromatic nitrogens is 1. The summed E-state index contributed by atoms with van der Waals surface area (Å²) in [6.45, 7) is 4.10. The van der Waals surface area contributed by atoms with Gasteiger partial charge in [0.05, 0.1) is 10.6 Å². The van der Waals surface area contributed by atoms with Crippen molar-refractivity contribution in [3.8, 4) is 11.5 Å². The molecule has 1 N–H and O–H groups in total. The molecule has 1 aromatic heterocycles. The standard InChI is InChI=1S/C27H25ClN2O4S/c1-3-19-6-14-24(15-7-19)35(32,33)17-25-18(2)34-27(30-25)22-10-8-21(9-11-22)26(31)29-16-20-4-12-23(28)13-5-20/h4-15H,3,16-17H2,1-2H3,(H,29,31). The second-order valence-corrected chi connectivity index (χ2v) is 10.6. The molecule has 0 aliphatic heterocycles. The SMILES string of the molecule is CCc1ccc(S(=O)(=O)Cc2nc(-c3ccc(C(=O)NCc4ccc(Cl)cc4)cc3)oc2C)cc1. The second kappa shape index (κ2) is 10.5. The zero-order valence-electron chi connectivity index (χ0n) is 19.4. The predicted octanol–water partition coefficient (Wildman–Crippen LogP) is 5.77. The third kappa shape index (κ3) is 5.99. The predicted molar refractivity (Wildman–Crippen MR) is 136 cm³/mol. The van der Waals surface area contributed by atoms with Gasteiger partial charge in [-0.05, 0) is 73.0 Å². The van der Waals surface area contributed by atoms with Gasteiger partial charge in [0.2, 0.25) is 5.89 Å². The number of amides is 1. The number of hydrogen-bond acceptors (Lipinski definition) is 5. The molecule has 0 aliphatic rings. The highest BCUT2D eigenvalue weighted by Gasteiger charge is 2.21. The van der Waals surface area contributed by atoms with Gasteiger partial charge in [-0.25, -0.2) is 13.4 Å². The molecule has 6 nitrogen and oxygen atoms in total. The maximum absolute atomic E-state index is 12.9. The number of nitrogens with one attached hydrogen (secondary N) is 1. The van der Waals surface area contributed by atoms with E-state index in [9.17, 15) is 13.2 Å². The molecule has 0 radical (unpaired) electrons. The summed E-state index contributed by atoms with van der Waals surface area (Å²) in [5, 5.41) is 3.51. The average molecular weight is 509 g/mol. The van der Waals surface area contributed by atoms with Gasteiger partial charge >= 0.3 is 0 Å². The summed E-state index contributed by atoms with van der Waals surface area (Å²) in [5.74, 6) is 0.288. The van der Waals surface area contributed by atoms with Crippen LogP contribution in [0.3, 0.4) is 0 Å². The van der Waals surface area contributed by atoms with Gasteiger partial charge in [0.15, 0.2) is 9.84 Å². The Hall–Kier alpha value is -3.42. The van der Waals surface area contributed by atoms with E-state index in [-0.39, 0.29) is 16.6 Å². The number of rotatable bonds is 8. The summed E-state index contributed by atoms with van der Waals surface area (Å²) in [5.41, 5.74) is 3.52. The van der Waals surface area contributed by atoms with Crippen molar-refractivity contribution in [3.05, 3.63) is 106 Å². The van der Waals surface area contributed by atoms with Crippen LogP contribution in [0.1, 0.15) is 39.9 Å². The molecule has 4 aromatic rings. The lowest BCUT2D eigenvalue weighted by Gasteiger charge is -2.06. The van der Waals surface area contributed by atoms with Crippen molar-refractivity contribution < 1.29 is 17.6 Å². The van der Waals surface area contributed by atoms with E-state index in [1.54, 1.807) is 55.5 Å². The molecule has 0 aliphatic carbocycles. The van der Waals surface area contributed by atoms with Gasteiger partial charge in [-0.2, -0.15) is 0 Å². The van der Waals surface area contributed by atoms with Crippen LogP contribution in [-0.4, -0.2) is 19.3 Å². The van der Waals surface area contributed by atoms with Crippen LogP contribution in [0.15, 0.2) is 82.1 Å². The second-order valence-electron chi connectivity index (χ2n) is 8.16. The van der Waals surface area contributed by atoms with E-state index in [1.165, 1.54) is 0 Å². The van der Waals surface area contributed by atoms with Crippen molar-refractivity contribution in [1.29, 1.82) is 0 Å². The minimum absolute atomic E-state index is 0.212. The Bertz CT molecular complexity index is 1430. The van der Waals surface area contributed by atoms with E-state index in [1.807, 2.05) is 31.2 Å². The van der Waals surface area contributed by atoms with Crippen LogP contribution in [0.4, 0.5) is 0 Å². The van der Waals surface area contributed by atoms with Crippen LogP contribution in [0.5, 0.6) is 0 Å². The highest BCUT2D eigenvalue weighted by atomic mass is 35.5. The molecule has 0 spiro atoms. The molecule has 0 saturated carbocycles. The number of carbonyl (C=O) groups is 1. The van der Waals surface area contributed by atoms with E-state index in [2.05, 4.69) is 10.3 Å². The molecule has 1 amide bonds. The van der Waals surface area contributed by atoms with Crippen LogP contribution in [0.25, 0.3) is 11.5 Å². The fraction of sp³-hybridized carbons (Fsp3) is 0.185. The summed E-state index contributed by atoms with van der Waals surface area (Å²) in [6, 6.07) is 21.0. The lowest BCUT2D eigenvalue weighted by molar-refractivity contribution is 0.0951. The first-order chi connectivity index (χ1) is 16.7. The molecule has 0 saturated heterocycles. The Balaban J connectivity index is 1.44. The van der Waals surface area contributed by atoms with Crippen LogP contribution < -0.4 is 5.32 Å². The highest BCUT2D eigenvalue weighted by molar-refractivity contribution is 7.90. The van der Waals surface area contributed by atoms with Gasteiger partial charge in [-0.15, -0.1) is 0 Å². The Morgan fingerprint density at radius 3 is 2.20 bits per heavy atom. The third-order valence-corrected chi connectivity index (χ3v) is 7.57. The number of halogens is 1. The molecule has 35 heavy (non-hydrogen) atoms. The number of aryl methyl sites for hydroxylation is 2. The van der Waals surface area contributed by atoms with Crippen molar-refractivity contribution >= 4 is 27.3 Å². The number of nitrogens with zero attached hydrogens (tertiary/aromatic N) is 1. The fourth-order valence-electron chi connectivity index (χ4n) is 3.53. The van der Waals surface area contributed by atoms with Gasteiger partial charge < -0.3 is 9.73 Å². The molecule has 0 bridgehead atoms. The van der Waals surface area contributed by atoms with Gasteiger partial charge in [0, 0.05) is 22.7 Å². The maximum Gasteiger partial charge on any atom is 0.251 e. The molecule has 0 atom stereocenters. The van der Waals surface area contributed by atoms with E-state index >= 15 is 0 Å². The summed E-state index contributed by atoms with van der Waals surface area (Å²) >= 11 is 5.89. The summed E-state index contributed by atoms with van der Waals surface area (Å²) < 4.78 is 31.5. The van der Waals surface area contributed by atoms with Crippen LogP contribution in [-0.2, 0) is 28.6 Å².